The normalized spacial score (nSPS) is 25.3. The summed E-state index contributed by atoms with van der Waals surface area (Å²) in [5, 5.41) is 3.62. The summed E-state index contributed by atoms with van der Waals surface area (Å²) in [6.45, 7) is 10.6. The Kier molecular flexibility index (Phi) is 4.08. The standard InChI is InChI=1S/C16H25NO/c1-12-6-7-15(13(2)10-12)14(3)17-11-16(4)8-5-9-18-16/h6-7,10,14,17H,5,8-9,11H2,1-4H3. The minimum atomic E-state index is 0.0346. The van der Waals surface area contributed by atoms with Crippen LogP contribution in [0.5, 0.6) is 0 Å². The summed E-state index contributed by atoms with van der Waals surface area (Å²) in [4.78, 5) is 0. The second kappa shape index (κ2) is 5.41. The molecule has 2 atom stereocenters. The van der Waals surface area contributed by atoms with Gasteiger partial charge in [-0.2, -0.15) is 0 Å². The van der Waals surface area contributed by atoms with Gasteiger partial charge in [-0.05, 0) is 51.7 Å². The molecule has 1 saturated heterocycles. The lowest BCUT2D eigenvalue weighted by molar-refractivity contribution is 0.0191. The molecule has 1 aromatic rings. The Hall–Kier alpha value is -0.860. The van der Waals surface area contributed by atoms with E-state index in [2.05, 4.69) is 51.2 Å². The molecule has 0 bridgehead atoms. The highest BCUT2D eigenvalue weighted by molar-refractivity contribution is 5.32. The van der Waals surface area contributed by atoms with Crippen LogP contribution < -0.4 is 5.32 Å². The average molecular weight is 247 g/mol. The average Bonchev–Trinajstić information content (AvgIpc) is 2.74. The Morgan fingerprint density at radius 3 is 2.78 bits per heavy atom. The molecule has 18 heavy (non-hydrogen) atoms. The lowest BCUT2D eigenvalue weighted by Crippen LogP contribution is -2.38. The molecule has 2 unspecified atom stereocenters. The molecule has 100 valence electrons. The van der Waals surface area contributed by atoms with Crippen LogP contribution in [0.15, 0.2) is 18.2 Å². The molecule has 2 nitrogen and oxygen atoms in total. The summed E-state index contributed by atoms with van der Waals surface area (Å²) >= 11 is 0. The van der Waals surface area contributed by atoms with Crippen molar-refractivity contribution < 1.29 is 4.74 Å². The number of aryl methyl sites for hydroxylation is 2. The third kappa shape index (κ3) is 3.12. The predicted octanol–water partition coefficient (Wildman–Crippen LogP) is 3.52. The van der Waals surface area contributed by atoms with E-state index in [1.54, 1.807) is 0 Å². The Balaban J connectivity index is 1.97. The van der Waals surface area contributed by atoms with E-state index in [-0.39, 0.29) is 5.60 Å². The molecule has 0 amide bonds. The van der Waals surface area contributed by atoms with E-state index in [0.717, 1.165) is 13.2 Å². The van der Waals surface area contributed by atoms with Crippen molar-refractivity contribution >= 4 is 0 Å². The lowest BCUT2D eigenvalue weighted by atomic mass is 9.98. The number of benzene rings is 1. The monoisotopic (exact) mass is 247 g/mol. The molecule has 1 aromatic carbocycles. The second-order valence-electron chi connectivity index (χ2n) is 5.86. The van der Waals surface area contributed by atoms with Gasteiger partial charge in [0.1, 0.15) is 0 Å². The zero-order chi connectivity index (χ0) is 13.2. The number of hydrogen-bond donors (Lipinski definition) is 1. The second-order valence-corrected chi connectivity index (χ2v) is 5.86. The molecule has 0 aromatic heterocycles. The van der Waals surface area contributed by atoms with Gasteiger partial charge in [-0.3, -0.25) is 0 Å². The van der Waals surface area contributed by atoms with Crippen molar-refractivity contribution in [3.8, 4) is 0 Å². The molecule has 2 rings (SSSR count). The van der Waals surface area contributed by atoms with Crippen LogP contribution in [-0.4, -0.2) is 18.8 Å². The molecule has 1 fully saturated rings. The van der Waals surface area contributed by atoms with Gasteiger partial charge >= 0.3 is 0 Å². The summed E-state index contributed by atoms with van der Waals surface area (Å²) in [6, 6.07) is 7.06. The van der Waals surface area contributed by atoms with Gasteiger partial charge in [-0.15, -0.1) is 0 Å². The van der Waals surface area contributed by atoms with Crippen molar-refractivity contribution in [2.24, 2.45) is 0 Å². The summed E-state index contributed by atoms with van der Waals surface area (Å²) in [6.07, 6.45) is 2.36. The summed E-state index contributed by atoms with van der Waals surface area (Å²) in [5.74, 6) is 0. The number of ether oxygens (including phenoxy) is 1. The van der Waals surface area contributed by atoms with Gasteiger partial charge in [0.2, 0.25) is 0 Å². The SMILES string of the molecule is Cc1ccc(C(C)NCC2(C)CCCO2)c(C)c1. The molecule has 2 heteroatoms. The Morgan fingerprint density at radius 2 is 2.17 bits per heavy atom. The highest BCUT2D eigenvalue weighted by Gasteiger charge is 2.29. The largest absolute Gasteiger partial charge is 0.374 e. The van der Waals surface area contributed by atoms with E-state index >= 15 is 0 Å². The van der Waals surface area contributed by atoms with Gasteiger partial charge in [-0.1, -0.05) is 23.8 Å². The summed E-state index contributed by atoms with van der Waals surface area (Å²) in [5.41, 5.74) is 4.12. The first kappa shape index (κ1) is 13.6. The van der Waals surface area contributed by atoms with Crippen LogP contribution >= 0.6 is 0 Å². The number of rotatable bonds is 4. The van der Waals surface area contributed by atoms with E-state index in [4.69, 9.17) is 4.74 Å². The van der Waals surface area contributed by atoms with E-state index in [0.29, 0.717) is 6.04 Å². The summed E-state index contributed by atoms with van der Waals surface area (Å²) in [7, 11) is 0. The fourth-order valence-corrected chi connectivity index (χ4v) is 2.77. The van der Waals surface area contributed by atoms with Crippen LogP contribution in [0.1, 0.15) is 49.4 Å². The third-order valence-electron chi connectivity index (χ3n) is 3.97. The van der Waals surface area contributed by atoms with Crippen molar-refractivity contribution in [3.05, 3.63) is 34.9 Å². The Morgan fingerprint density at radius 1 is 1.39 bits per heavy atom. The molecule has 1 aliphatic heterocycles. The van der Waals surface area contributed by atoms with E-state index in [9.17, 15) is 0 Å². The third-order valence-corrected chi connectivity index (χ3v) is 3.97. The molecule has 0 radical (unpaired) electrons. The number of hydrogen-bond acceptors (Lipinski definition) is 2. The Labute approximate surface area is 111 Å². The zero-order valence-corrected chi connectivity index (χ0v) is 12.0. The van der Waals surface area contributed by atoms with Crippen molar-refractivity contribution in [3.63, 3.8) is 0 Å². The molecule has 0 saturated carbocycles. The smallest absolute Gasteiger partial charge is 0.0779 e. The van der Waals surface area contributed by atoms with Crippen molar-refractivity contribution in [1.29, 1.82) is 0 Å². The maximum Gasteiger partial charge on any atom is 0.0779 e. The first-order chi connectivity index (χ1) is 8.50. The van der Waals surface area contributed by atoms with Crippen molar-refractivity contribution in [1.82, 2.24) is 5.32 Å². The first-order valence-corrected chi connectivity index (χ1v) is 6.95. The van der Waals surface area contributed by atoms with Crippen LogP contribution in [0.3, 0.4) is 0 Å². The van der Waals surface area contributed by atoms with Gasteiger partial charge < -0.3 is 10.1 Å². The molecule has 1 aliphatic rings. The molecule has 0 spiro atoms. The van der Waals surface area contributed by atoms with E-state index < -0.39 is 0 Å². The van der Waals surface area contributed by atoms with Gasteiger partial charge in [0.25, 0.3) is 0 Å². The minimum Gasteiger partial charge on any atom is -0.374 e. The molecular formula is C16H25NO. The summed E-state index contributed by atoms with van der Waals surface area (Å²) < 4.78 is 5.81. The quantitative estimate of drug-likeness (QED) is 0.879. The molecular weight excluding hydrogens is 222 g/mol. The Bertz CT molecular complexity index is 408. The first-order valence-electron chi connectivity index (χ1n) is 6.95. The zero-order valence-electron chi connectivity index (χ0n) is 12.0. The van der Waals surface area contributed by atoms with Crippen LogP contribution in [0.4, 0.5) is 0 Å². The predicted molar refractivity (Wildman–Crippen MR) is 75.9 cm³/mol. The van der Waals surface area contributed by atoms with E-state index in [1.807, 2.05) is 0 Å². The fraction of sp³-hybridized carbons (Fsp3) is 0.625. The highest BCUT2D eigenvalue weighted by atomic mass is 16.5. The van der Waals surface area contributed by atoms with Gasteiger partial charge in [0.05, 0.1) is 5.60 Å². The van der Waals surface area contributed by atoms with Crippen molar-refractivity contribution in [2.75, 3.05) is 13.2 Å². The maximum atomic E-state index is 5.81. The van der Waals surface area contributed by atoms with Crippen LogP contribution in [-0.2, 0) is 4.74 Å². The molecule has 0 aliphatic carbocycles. The van der Waals surface area contributed by atoms with Gasteiger partial charge in [0, 0.05) is 19.2 Å². The lowest BCUT2D eigenvalue weighted by Gasteiger charge is -2.26. The minimum absolute atomic E-state index is 0.0346. The molecule has 1 N–H and O–H groups in total. The molecule has 1 heterocycles. The number of nitrogens with one attached hydrogen (secondary N) is 1. The van der Waals surface area contributed by atoms with Gasteiger partial charge in [0.15, 0.2) is 0 Å². The topological polar surface area (TPSA) is 21.3 Å². The van der Waals surface area contributed by atoms with E-state index in [1.165, 1.54) is 29.5 Å². The highest BCUT2D eigenvalue weighted by Crippen LogP contribution is 2.25. The fourth-order valence-electron chi connectivity index (χ4n) is 2.77. The van der Waals surface area contributed by atoms with Crippen LogP contribution in [0.25, 0.3) is 0 Å². The van der Waals surface area contributed by atoms with Crippen molar-refractivity contribution in [2.45, 2.75) is 52.2 Å². The van der Waals surface area contributed by atoms with Crippen LogP contribution in [0, 0.1) is 13.8 Å². The van der Waals surface area contributed by atoms with Crippen LogP contribution in [0.2, 0.25) is 0 Å². The maximum absolute atomic E-state index is 5.81. The van der Waals surface area contributed by atoms with Gasteiger partial charge in [-0.25, -0.2) is 0 Å².